The van der Waals surface area contributed by atoms with E-state index in [0.717, 1.165) is 21.3 Å². The number of hydrogen-bond acceptors (Lipinski definition) is 5. The summed E-state index contributed by atoms with van der Waals surface area (Å²) < 4.78 is 4.20. The summed E-state index contributed by atoms with van der Waals surface area (Å²) in [7, 11) is 4.34. The van der Waals surface area contributed by atoms with E-state index in [-0.39, 0.29) is 34.1 Å². The molecular formula is C7H19O5Ti-. The number of aliphatic hydroxyl groups is 3. The summed E-state index contributed by atoms with van der Waals surface area (Å²) in [6.45, 7) is 3.28. The van der Waals surface area contributed by atoms with Gasteiger partial charge in [-0.3, -0.25) is 4.79 Å². The Labute approximate surface area is 94.6 Å². The molecule has 0 aromatic heterocycles. The fraction of sp³-hybridized carbons (Fsp3) is 0.714. The van der Waals surface area contributed by atoms with E-state index in [1.807, 2.05) is 0 Å². The van der Waals surface area contributed by atoms with Gasteiger partial charge >= 0.3 is 0 Å². The molecule has 3 N–H and O–H groups in total. The average molecular weight is 231 g/mol. The van der Waals surface area contributed by atoms with E-state index < -0.39 is 0 Å². The molecule has 0 fully saturated rings. The van der Waals surface area contributed by atoms with Gasteiger partial charge in [0.15, 0.2) is 0 Å². The van der Waals surface area contributed by atoms with Gasteiger partial charge in [-0.25, -0.2) is 0 Å². The molecule has 0 atom stereocenters. The second-order valence-electron chi connectivity index (χ2n) is 0.826. The molecule has 0 bridgehead atoms. The Morgan fingerprint density at radius 2 is 1.38 bits per heavy atom. The van der Waals surface area contributed by atoms with Crippen LogP contribution in [0.25, 0.3) is 0 Å². The molecule has 5 nitrogen and oxygen atoms in total. The van der Waals surface area contributed by atoms with Crippen molar-refractivity contribution in [3.63, 3.8) is 0 Å². The normalized spacial score (nSPS) is 4.92. The predicted octanol–water partition coefficient (Wildman–Crippen LogP) is -0.793. The van der Waals surface area contributed by atoms with Crippen LogP contribution < -0.4 is 0 Å². The molecule has 13 heavy (non-hydrogen) atoms. The van der Waals surface area contributed by atoms with Gasteiger partial charge in [-0.05, 0) is 0 Å². The Morgan fingerprint density at radius 1 is 1.15 bits per heavy atom. The number of carbonyl (C=O) groups excluding carboxylic acids is 1. The molecule has 82 valence electrons. The summed E-state index contributed by atoms with van der Waals surface area (Å²) in [5, 5.41) is 21.0. The van der Waals surface area contributed by atoms with Crippen LogP contribution in [0.1, 0.15) is 6.42 Å². The third-order valence-electron chi connectivity index (χ3n) is 0.432. The number of esters is 1. The summed E-state index contributed by atoms with van der Waals surface area (Å²) in [4.78, 5) is 9.90. The molecule has 0 aliphatic heterocycles. The maximum Gasteiger partial charge on any atom is 0.275 e. The number of carbonyl (C=O) groups is 1. The molecule has 0 rings (SSSR count). The molecule has 0 heterocycles. The molecule has 0 aliphatic carbocycles. The Kier molecular flexibility index (Phi) is 130. The molecule has 0 aromatic carbocycles. The topological polar surface area (TPSA) is 87.0 Å². The molecule has 0 radical (unpaired) electrons. The van der Waals surface area contributed by atoms with Crippen LogP contribution in [0.4, 0.5) is 0 Å². The van der Waals surface area contributed by atoms with E-state index in [1.165, 1.54) is 7.11 Å². The first-order valence-electron chi connectivity index (χ1n) is 3.01. The average Bonchev–Trinajstić information content (AvgIpc) is 2.25. The van der Waals surface area contributed by atoms with Crippen molar-refractivity contribution in [2.75, 3.05) is 28.4 Å². The van der Waals surface area contributed by atoms with Crippen molar-refractivity contribution in [3.8, 4) is 0 Å². The van der Waals surface area contributed by atoms with Crippen LogP contribution in [0.3, 0.4) is 0 Å². The van der Waals surface area contributed by atoms with Gasteiger partial charge in [0, 0.05) is 43.0 Å². The Hall–Kier alpha value is 0.0643. The van der Waals surface area contributed by atoms with Crippen LogP contribution in [0.2, 0.25) is 0 Å². The standard InChI is InChI=1S/C4H7O2.3CH4O.Ti/c1-3-4(5)6-2;3*1-2;/h1,3H2,2H3;3*2H,1H3;/q-1;;;;. The monoisotopic (exact) mass is 231 g/mol. The van der Waals surface area contributed by atoms with E-state index in [9.17, 15) is 4.79 Å². The van der Waals surface area contributed by atoms with Crippen LogP contribution in [0.15, 0.2) is 0 Å². The Bertz CT molecular complexity index is 54.8. The second-order valence-corrected chi connectivity index (χ2v) is 0.826. The molecule has 6 heteroatoms. The van der Waals surface area contributed by atoms with Gasteiger partial charge < -0.3 is 27.0 Å². The van der Waals surface area contributed by atoms with Crippen LogP contribution in [-0.2, 0) is 31.2 Å². The third-order valence-corrected chi connectivity index (χ3v) is 0.432. The van der Waals surface area contributed by atoms with Gasteiger partial charge in [-0.15, -0.1) is 0 Å². The van der Waals surface area contributed by atoms with Crippen LogP contribution in [0, 0.1) is 6.92 Å². The minimum atomic E-state index is -0.269. The number of rotatable bonds is 1. The number of methoxy groups -OCH3 is 1. The smallest absolute Gasteiger partial charge is 0.275 e. The zero-order valence-corrected chi connectivity index (χ0v) is 10.1. The van der Waals surface area contributed by atoms with Gasteiger partial charge in [-0.1, -0.05) is 6.42 Å². The fourth-order valence-electron chi connectivity index (χ4n) is 0.102. The quantitative estimate of drug-likeness (QED) is 0.312. The summed E-state index contributed by atoms with van der Waals surface area (Å²) in [6, 6.07) is 0. The van der Waals surface area contributed by atoms with Crippen molar-refractivity contribution in [1.82, 2.24) is 0 Å². The van der Waals surface area contributed by atoms with Gasteiger partial charge in [0.05, 0.1) is 7.11 Å². The summed E-state index contributed by atoms with van der Waals surface area (Å²) in [5.74, 6) is -0.269. The maximum atomic E-state index is 9.90. The second kappa shape index (κ2) is 57.6. The predicted molar refractivity (Wildman–Crippen MR) is 46.4 cm³/mol. The number of hydrogen-bond donors (Lipinski definition) is 3. The van der Waals surface area contributed by atoms with E-state index >= 15 is 0 Å². The van der Waals surface area contributed by atoms with Gasteiger partial charge in [0.1, 0.15) is 0 Å². The van der Waals surface area contributed by atoms with Crippen molar-refractivity contribution >= 4 is 5.97 Å². The van der Waals surface area contributed by atoms with Crippen LogP contribution >= 0.6 is 0 Å². The molecule has 0 aromatic rings. The van der Waals surface area contributed by atoms with Crippen molar-refractivity contribution < 1.29 is 46.6 Å². The van der Waals surface area contributed by atoms with Gasteiger partial charge in [0.2, 0.25) is 0 Å². The zero-order valence-electron chi connectivity index (χ0n) is 8.57. The van der Waals surface area contributed by atoms with E-state index in [0.29, 0.717) is 0 Å². The largest absolute Gasteiger partial charge is 0.471 e. The maximum absolute atomic E-state index is 9.90. The van der Waals surface area contributed by atoms with E-state index in [1.54, 1.807) is 0 Å². The van der Waals surface area contributed by atoms with Crippen molar-refractivity contribution in [2.24, 2.45) is 0 Å². The van der Waals surface area contributed by atoms with Crippen molar-refractivity contribution in [2.45, 2.75) is 6.42 Å². The number of ether oxygens (including phenoxy) is 1. The molecule has 0 saturated carbocycles. The molecule has 0 spiro atoms. The zero-order chi connectivity index (χ0) is 11.0. The minimum absolute atomic E-state index is 0. The molecule has 0 amide bonds. The van der Waals surface area contributed by atoms with Crippen LogP contribution in [-0.4, -0.2) is 49.7 Å². The molecular weight excluding hydrogens is 212 g/mol. The fourth-order valence-corrected chi connectivity index (χ4v) is 0.102. The number of aliphatic hydroxyl groups excluding tert-OH is 3. The van der Waals surface area contributed by atoms with Crippen LogP contribution in [0.5, 0.6) is 0 Å². The van der Waals surface area contributed by atoms with Crippen molar-refractivity contribution in [1.29, 1.82) is 0 Å². The first-order chi connectivity index (χ1) is 5.81. The molecule has 0 aliphatic rings. The minimum Gasteiger partial charge on any atom is -0.471 e. The van der Waals surface area contributed by atoms with E-state index in [4.69, 9.17) is 15.3 Å². The molecule has 0 unspecified atom stereocenters. The van der Waals surface area contributed by atoms with Gasteiger partial charge in [0.25, 0.3) is 5.97 Å². The van der Waals surface area contributed by atoms with Gasteiger partial charge in [-0.2, -0.15) is 0 Å². The summed E-state index contributed by atoms with van der Waals surface area (Å²) >= 11 is 0. The van der Waals surface area contributed by atoms with E-state index in [2.05, 4.69) is 11.7 Å². The SMILES string of the molecule is CO.CO.CO.[CH2-]CC(=O)OC.[Ti]. The Morgan fingerprint density at radius 3 is 1.38 bits per heavy atom. The molecule has 0 saturated heterocycles. The summed E-state index contributed by atoms with van der Waals surface area (Å²) in [5.41, 5.74) is 0. The first kappa shape index (κ1) is 29.2. The Balaban J connectivity index is -0.0000000263. The first-order valence-corrected chi connectivity index (χ1v) is 3.01. The van der Waals surface area contributed by atoms with Crippen molar-refractivity contribution in [3.05, 3.63) is 6.92 Å². The third kappa shape index (κ3) is 74.0. The summed E-state index contributed by atoms with van der Waals surface area (Å²) in [6.07, 6.45) is 0.219.